The Hall–Kier alpha value is -5.86. The fourth-order valence-electron chi connectivity index (χ4n) is 10.1. The van der Waals surface area contributed by atoms with Crippen molar-refractivity contribution in [2.24, 2.45) is 0 Å². The Bertz CT molecular complexity index is 2880. The standard InChI is InChI=1S/C55H51NO/c1-52(2,3)35-31-42-50-48(26-17-27-49(50)57-51(42)47(32-35)53(4,5)6)56(37-28-29-41-38-20-10-13-23-43(38)54(7,8)46(41)33-37)36-19-16-18-34(30-36)55(9)44-24-14-11-21-39(44)40-22-12-15-25-45(40)55/h10-33H,1-9H3. The topological polar surface area (TPSA) is 16.4 Å². The van der Waals surface area contributed by atoms with E-state index in [0.29, 0.717) is 0 Å². The van der Waals surface area contributed by atoms with Crippen LogP contribution in [-0.4, -0.2) is 0 Å². The fourth-order valence-corrected chi connectivity index (χ4v) is 10.1. The Morgan fingerprint density at radius 3 is 1.72 bits per heavy atom. The zero-order chi connectivity index (χ0) is 39.6. The number of furan rings is 1. The molecule has 2 aliphatic rings. The first-order valence-corrected chi connectivity index (χ1v) is 20.5. The second kappa shape index (κ2) is 12.1. The normalized spacial score (nSPS) is 15.0. The van der Waals surface area contributed by atoms with Crippen LogP contribution in [-0.2, 0) is 21.7 Å². The molecule has 1 heterocycles. The third kappa shape index (κ3) is 5.15. The van der Waals surface area contributed by atoms with Gasteiger partial charge in [0.15, 0.2) is 0 Å². The van der Waals surface area contributed by atoms with Crippen LogP contribution >= 0.6 is 0 Å². The smallest absolute Gasteiger partial charge is 0.139 e. The average molecular weight is 742 g/mol. The SMILES string of the molecule is CC(C)(C)c1cc(C(C)(C)C)c2oc3cccc(N(c4cccc(C5(C)c6ccccc6-c6ccccc65)c4)c4ccc5c(c4)C(C)(C)c4ccccc4-5)c3c2c1. The van der Waals surface area contributed by atoms with Crippen LogP contribution in [0.4, 0.5) is 17.1 Å². The van der Waals surface area contributed by atoms with E-state index in [-0.39, 0.29) is 21.7 Å². The molecule has 282 valence electrons. The van der Waals surface area contributed by atoms with Gasteiger partial charge in [0.2, 0.25) is 0 Å². The first-order chi connectivity index (χ1) is 27.2. The van der Waals surface area contributed by atoms with Gasteiger partial charge in [0, 0.05) is 33.2 Å². The molecule has 57 heavy (non-hydrogen) atoms. The zero-order valence-electron chi connectivity index (χ0n) is 34.7. The maximum absolute atomic E-state index is 6.96. The Labute approximate surface area is 337 Å². The summed E-state index contributed by atoms with van der Waals surface area (Å²) >= 11 is 0. The van der Waals surface area contributed by atoms with Crippen LogP contribution in [0.25, 0.3) is 44.2 Å². The van der Waals surface area contributed by atoms with Crippen molar-refractivity contribution in [3.05, 3.63) is 185 Å². The maximum atomic E-state index is 6.96. The number of rotatable bonds is 4. The van der Waals surface area contributed by atoms with Crippen LogP contribution in [0.1, 0.15) is 101 Å². The molecule has 2 heteroatoms. The molecule has 10 rings (SSSR count). The molecule has 8 aromatic rings. The third-order valence-electron chi connectivity index (χ3n) is 13.2. The minimum atomic E-state index is -0.325. The largest absolute Gasteiger partial charge is 0.456 e. The van der Waals surface area contributed by atoms with E-state index in [1.54, 1.807) is 0 Å². The molecule has 1 aromatic heterocycles. The van der Waals surface area contributed by atoms with Gasteiger partial charge in [0.25, 0.3) is 0 Å². The van der Waals surface area contributed by atoms with Crippen LogP contribution in [0.5, 0.6) is 0 Å². The average Bonchev–Trinajstić information content (AvgIpc) is 3.78. The highest BCUT2D eigenvalue weighted by atomic mass is 16.3. The number of hydrogen-bond donors (Lipinski definition) is 0. The van der Waals surface area contributed by atoms with E-state index in [9.17, 15) is 0 Å². The number of nitrogens with zero attached hydrogens (tertiary/aromatic N) is 1. The van der Waals surface area contributed by atoms with E-state index < -0.39 is 0 Å². The summed E-state index contributed by atoms with van der Waals surface area (Å²) in [6, 6.07) is 54.6. The van der Waals surface area contributed by atoms with Crippen molar-refractivity contribution in [3.8, 4) is 22.3 Å². The summed E-state index contributed by atoms with van der Waals surface area (Å²) in [6.45, 7) is 21.0. The van der Waals surface area contributed by atoms with Crippen molar-refractivity contribution in [1.29, 1.82) is 0 Å². The first-order valence-electron chi connectivity index (χ1n) is 20.5. The zero-order valence-corrected chi connectivity index (χ0v) is 34.7. The number of anilines is 3. The van der Waals surface area contributed by atoms with Gasteiger partial charge in [-0.05, 0) is 116 Å². The second-order valence-electron chi connectivity index (χ2n) is 19.2. The van der Waals surface area contributed by atoms with E-state index in [0.717, 1.165) is 33.6 Å². The molecule has 2 aliphatic carbocycles. The van der Waals surface area contributed by atoms with Crippen LogP contribution in [0.15, 0.2) is 150 Å². The molecule has 0 amide bonds. The Balaban J connectivity index is 1.26. The van der Waals surface area contributed by atoms with E-state index in [1.165, 1.54) is 66.6 Å². The minimum absolute atomic E-state index is 0.0371. The summed E-state index contributed by atoms with van der Waals surface area (Å²) in [5, 5.41) is 2.30. The number of fused-ring (bicyclic) bond motifs is 9. The summed E-state index contributed by atoms with van der Waals surface area (Å²) in [4.78, 5) is 2.50. The quantitative estimate of drug-likeness (QED) is 0.179. The predicted molar refractivity (Wildman–Crippen MR) is 241 cm³/mol. The van der Waals surface area contributed by atoms with Gasteiger partial charge >= 0.3 is 0 Å². The van der Waals surface area contributed by atoms with E-state index in [4.69, 9.17) is 4.42 Å². The molecule has 0 bridgehead atoms. The van der Waals surface area contributed by atoms with Crippen LogP contribution in [0.3, 0.4) is 0 Å². The van der Waals surface area contributed by atoms with Crippen LogP contribution in [0.2, 0.25) is 0 Å². The highest BCUT2D eigenvalue weighted by Crippen LogP contribution is 2.55. The molecule has 0 atom stereocenters. The van der Waals surface area contributed by atoms with Gasteiger partial charge in [-0.3, -0.25) is 0 Å². The van der Waals surface area contributed by atoms with E-state index >= 15 is 0 Å². The van der Waals surface area contributed by atoms with E-state index in [2.05, 4.69) is 213 Å². The van der Waals surface area contributed by atoms with Gasteiger partial charge in [0.05, 0.1) is 11.1 Å². The summed E-state index contributed by atoms with van der Waals surface area (Å²) in [5.74, 6) is 0. The minimum Gasteiger partial charge on any atom is -0.456 e. The highest BCUT2D eigenvalue weighted by Gasteiger charge is 2.41. The predicted octanol–water partition coefficient (Wildman–Crippen LogP) is 15.3. The van der Waals surface area contributed by atoms with Crippen LogP contribution < -0.4 is 4.90 Å². The summed E-state index contributed by atoms with van der Waals surface area (Å²) in [7, 11) is 0. The van der Waals surface area contributed by atoms with Gasteiger partial charge < -0.3 is 9.32 Å². The Morgan fingerprint density at radius 1 is 0.491 bits per heavy atom. The molecule has 2 nitrogen and oxygen atoms in total. The third-order valence-corrected chi connectivity index (χ3v) is 13.2. The molecule has 0 aliphatic heterocycles. The number of benzene rings is 7. The Morgan fingerprint density at radius 2 is 1.07 bits per heavy atom. The first kappa shape index (κ1) is 35.5. The lowest BCUT2D eigenvalue weighted by molar-refractivity contribution is 0.559. The summed E-state index contributed by atoms with van der Waals surface area (Å²) < 4.78 is 6.96. The lowest BCUT2D eigenvalue weighted by Gasteiger charge is -2.32. The van der Waals surface area contributed by atoms with Crippen molar-refractivity contribution in [2.45, 2.75) is 84.0 Å². The van der Waals surface area contributed by atoms with Gasteiger partial charge in [-0.2, -0.15) is 0 Å². The van der Waals surface area contributed by atoms with Gasteiger partial charge in [-0.25, -0.2) is 0 Å². The molecule has 0 fully saturated rings. The monoisotopic (exact) mass is 741 g/mol. The second-order valence-corrected chi connectivity index (χ2v) is 19.2. The lowest BCUT2D eigenvalue weighted by Crippen LogP contribution is -2.23. The summed E-state index contributed by atoms with van der Waals surface area (Å²) in [6.07, 6.45) is 0. The fraction of sp³-hybridized carbons (Fsp3) is 0.236. The van der Waals surface area contributed by atoms with Gasteiger partial charge in [-0.15, -0.1) is 0 Å². The molecule has 7 aromatic carbocycles. The molecule has 0 radical (unpaired) electrons. The van der Waals surface area contributed by atoms with Gasteiger partial charge in [0.1, 0.15) is 11.2 Å². The van der Waals surface area contributed by atoms with Crippen molar-refractivity contribution < 1.29 is 4.42 Å². The van der Waals surface area contributed by atoms with Crippen LogP contribution in [0, 0.1) is 0 Å². The van der Waals surface area contributed by atoms with E-state index in [1.807, 2.05) is 0 Å². The van der Waals surface area contributed by atoms with Crippen molar-refractivity contribution in [3.63, 3.8) is 0 Å². The van der Waals surface area contributed by atoms with Crippen molar-refractivity contribution in [1.82, 2.24) is 0 Å². The van der Waals surface area contributed by atoms with Gasteiger partial charge in [-0.1, -0.05) is 159 Å². The van der Waals surface area contributed by atoms with Crippen molar-refractivity contribution >= 4 is 39.0 Å². The summed E-state index contributed by atoms with van der Waals surface area (Å²) in [5.41, 5.74) is 19.2. The molecule has 0 saturated carbocycles. The number of hydrogen-bond acceptors (Lipinski definition) is 2. The molecule has 0 N–H and O–H groups in total. The molecule has 0 spiro atoms. The maximum Gasteiger partial charge on any atom is 0.139 e. The molecule has 0 unspecified atom stereocenters. The lowest BCUT2D eigenvalue weighted by atomic mass is 9.74. The molecular formula is C55H51NO. The highest BCUT2D eigenvalue weighted by molar-refractivity contribution is 6.14. The van der Waals surface area contributed by atoms with Crippen molar-refractivity contribution in [2.75, 3.05) is 4.90 Å². The molecule has 0 saturated heterocycles. The Kier molecular flexibility index (Phi) is 7.53. The molecular weight excluding hydrogens is 691 g/mol.